The van der Waals surface area contributed by atoms with E-state index in [1.54, 1.807) is 11.8 Å². The molecule has 0 aliphatic carbocycles. The SMILES string of the molecule is Clc1ccc(-c2n[nH]c(CSc3ccc4ccccc4c3)n2)cc1. The van der Waals surface area contributed by atoms with Gasteiger partial charge in [-0.15, -0.1) is 11.8 Å². The molecule has 0 radical (unpaired) electrons. The molecule has 4 rings (SSSR count). The van der Waals surface area contributed by atoms with Crippen molar-refractivity contribution < 1.29 is 0 Å². The molecule has 0 bridgehead atoms. The third kappa shape index (κ3) is 3.30. The van der Waals surface area contributed by atoms with Crippen molar-refractivity contribution in [1.29, 1.82) is 0 Å². The highest BCUT2D eigenvalue weighted by atomic mass is 35.5. The van der Waals surface area contributed by atoms with Crippen molar-refractivity contribution in [3.63, 3.8) is 0 Å². The van der Waals surface area contributed by atoms with Gasteiger partial charge in [-0.3, -0.25) is 5.10 Å². The van der Waals surface area contributed by atoms with E-state index >= 15 is 0 Å². The quantitative estimate of drug-likeness (QED) is 0.488. The zero-order valence-corrected chi connectivity index (χ0v) is 14.3. The molecule has 0 amide bonds. The minimum absolute atomic E-state index is 0.695. The van der Waals surface area contributed by atoms with Gasteiger partial charge in [0.25, 0.3) is 0 Å². The van der Waals surface area contributed by atoms with E-state index in [4.69, 9.17) is 11.6 Å². The number of nitrogens with zero attached hydrogens (tertiary/aromatic N) is 2. The van der Waals surface area contributed by atoms with Gasteiger partial charge in [-0.1, -0.05) is 41.9 Å². The molecule has 0 saturated heterocycles. The van der Waals surface area contributed by atoms with Crippen molar-refractivity contribution in [3.05, 3.63) is 77.6 Å². The van der Waals surface area contributed by atoms with Gasteiger partial charge in [0.1, 0.15) is 5.82 Å². The maximum atomic E-state index is 5.91. The second-order valence-corrected chi connectivity index (χ2v) is 6.90. The Morgan fingerprint density at radius 1 is 0.917 bits per heavy atom. The second kappa shape index (κ2) is 6.67. The maximum Gasteiger partial charge on any atom is 0.181 e. The molecule has 1 heterocycles. The van der Waals surface area contributed by atoms with E-state index in [2.05, 4.69) is 57.6 Å². The number of benzene rings is 3. The molecule has 0 aliphatic rings. The number of aromatic nitrogens is 3. The third-order valence-corrected chi connectivity index (χ3v) is 4.99. The lowest BCUT2D eigenvalue weighted by Crippen LogP contribution is -1.84. The van der Waals surface area contributed by atoms with E-state index in [1.165, 1.54) is 15.7 Å². The van der Waals surface area contributed by atoms with Crippen molar-refractivity contribution in [2.45, 2.75) is 10.6 Å². The topological polar surface area (TPSA) is 41.6 Å². The molecule has 118 valence electrons. The number of hydrogen-bond donors (Lipinski definition) is 1. The molecule has 0 fully saturated rings. The van der Waals surface area contributed by atoms with E-state index < -0.39 is 0 Å². The largest absolute Gasteiger partial charge is 0.262 e. The van der Waals surface area contributed by atoms with Gasteiger partial charge in [-0.25, -0.2) is 4.98 Å². The van der Waals surface area contributed by atoms with Gasteiger partial charge in [0, 0.05) is 15.5 Å². The average Bonchev–Trinajstić information content (AvgIpc) is 3.09. The predicted molar refractivity (Wildman–Crippen MR) is 100 cm³/mol. The van der Waals surface area contributed by atoms with Crippen molar-refractivity contribution in [2.75, 3.05) is 0 Å². The average molecular weight is 352 g/mol. The summed E-state index contributed by atoms with van der Waals surface area (Å²) in [4.78, 5) is 5.78. The van der Waals surface area contributed by atoms with Gasteiger partial charge in [0.05, 0.1) is 5.75 Å². The van der Waals surface area contributed by atoms with Gasteiger partial charge in [-0.05, 0) is 47.2 Å². The fourth-order valence-electron chi connectivity index (χ4n) is 2.50. The van der Waals surface area contributed by atoms with Crippen LogP contribution in [0.15, 0.2) is 71.6 Å². The Kier molecular flexibility index (Phi) is 4.24. The predicted octanol–water partition coefficient (Wildman–Crippen LogP) is 5.57. The number of fused-ring (bicyclic) bond motifs is 1. The van der Waals surface area contributed by atoms with E-state index in [-0.39, 0.29) is 0 Å². The van der Waals surface area contributed by atoms with Crippen LogP contribution in [0, 0.1) is 0 Å². The van der Waals surface area contributed by atoms with Gasteiger partial charge in [-0.2, -0.15) is 5.10 Å². The second-order valence-electron chi connectivity index (χ2n) is 5.41. The normalized spacial score (nSPS) is 11.0. The zero-order valence-electron chi connectivity index (χ0n) is 12.7. The van der Waals surface area contributed by atoms with Crippen LogP contribution in [0.1, 0.15) is 5.82 Å². The molecule has 0 unspecified atom stereocenters. The number of halogens is 1. The van der Waals surface area contributed by atoms with Crippen LogP contribution >= 0.6 is 23.4 Å². The summed E-state index contributed by atoms with van der Waals surface area (Å²) in [5.41, 5.74) is 0.956. The van der Waals surface area contributed by atoms with Crippen LogP contribution in [0.25, 0.3) is 22.2 Å². The zero-order chi connectivity index (χ0) is 16.4. The van der Waals surface area contributed by atoms with Gasteiger partial charge in [0.2, 0.25) is 0 Å². The van der Waals surface area contributed by atoms with Crippen molar-refractivity contribution in [2.24, 2.45) is 0 Å². The van der Waals surface area contributed by atoms with Gasteiger partial charge >= 0.3 is 0 Å². The first-order chi connectivity index (χ1) is 11.8. The first-order valence-corrected chi connectivity index (χ1v) is 8.93. The molecule has 0 spiro atoms. The highest BCUT2D eigenvalue weighted by Crippen LogP contribution is 2.26. The molecule has 24 heavy (non-hydrogen) atoms. The van der Waals surface area contributed by atoms with Crippen LogP contribution in [-0.4, -0.2) is 15.2 Å². The van der Waals surface area contributed by atoms with Crippen LogP contribution in [0.2, 0.25) is 5.02 Å². The van der Waals surface area contributed by atoms with Crippen LogP contribution in [0.4, 0.5) is 0 Å². The molecule has 0 saturated carbocycles. The Labute approximate surface area is 149 Å². The van der Waals surface area contributed by atoms with E-state index in [1.807, 2.05) is 24.3 Å². The van der Waals surface area contributed by atoms with Gasteiger partial charge < -0.3 is 0 Å². The summed E-state index contributed by atoms with van der Waals surface area (Å²) in [6.45, 7) is 0. The van der Waals surface area contributed by atoms with Crippen molar-refractivity contribution >= 4 is 34.1 Å². The number of hydrogen-bond acceptors (Lipinski definition) is 3. The number of aromatic amines is 1. The highest BCUT2D eigenvalue weighted by molar-refractivity contribution is 7.98. The van der Waals surface area contributed by atoms with Gasteiger partial charge in [0.15, 0.2) is 5.82 Å². The van der Waals surface area contributed by atoms with Crippen LogP contribution < -0.4 is 0 Å². The molecule has 0 atom stereocenters. The molecule has 1 N–H and O–H groups in total. The Hall–Kier alpha value is -2.30. The minimum Gasteiger partial charge on any atom is -0.262 e. The lowest BCUT2D eigenvalue weighted by atomic mass is 10.1. The Morgan fingerprint density at radius 2 is 1.71 bits per heavy atom. The molecule has 1 aromatic heterocycles. The Balaban J connectivity index is 1.48. The molecule has 0 aliphatic heterocycles. The summed E-state index contributed by atoms with van der Waals surface area (Å²) in [6, 6.07) is 22.4. The fraction of sp³-hybridized carbons (Fsp3) is 0.0526. The lowest BCUT2D eigenvalue weighted by molar-refractivity contribution is 1.03. The number of H-pyrrole nitrogens is 1. The number of nitrogens with one attached hydrogen (secondary N) is 1. The molecule has 3 nitrogen and oxygen atoms in total. The summed E-state index contributed by atoms with van der Waals surface area (Å²) < 4.78 is 0. The smallest absolute Gasteiger partial charge is 0.181 e. The summed E-state index contributed by atoms with van der Waals surface area (Å²) in [7, 11) is 0. The van der Waals surface area contributed by atoms with Crippen LogP contribution in [-0.2, 0) is 5.75 Å². The molecular weight excluding hydrogens is 338 g/mol. The summed E-state index contributed by atoms with van der Waals surface area (Å²) in [5.74, 6) is 2.30. The van der Waals surface area contributed by atoms with E-state index in [9.17, 15) is 0 Å². The molecular formula is C19H14ClN3S. The third-order valence-electron chi connectivity index (χ3n) is 3.73. The Bertz CT molecular complexity index is 979. The van der Waals surface area contributed by atoms with E-state index in [0.29, 0.717) is 10.8 Å². The molecule has 3 aromatic carbocycles. The minimum atomic E-state index is 0.695. The first kappa shape index (κ1) is 15.2. The summed E-state index contributed by atoms with van der Waals surface area (Å²) in [6.07, 6.45) is 0. The fourth-order valence-corrected chi connectivity index (χ4v) is 3.43. The van der Waals surface area contributed by atoms with Crippen LogP contribution in [0.3, 0.4) is 0 Å². The summed E-state index contributed by atoms with van der Waals surface area (Å²) in [5, 5.41) is 10.5. The lowest BCUT2D eigenvalue weighted by Gasteiger charge is -2.02. The summed E-state index contributed by atoms with van der Waals surface area (Å²) >= 11 is 7.66. The molecule has 4 aromatic rings. The molecule has 5 heteroatoms. The first-order valence-electron chi connectivity index (χ1n) is 7.57. The van der Waals surface area contributed by atoms with Crippen molar-refractivity contribution in [3.8, 4) is 11.4 Å². The Morgan fingerprint density at radius 3 is 2.54 bits per heavy atom. The van der Waals surface area contributed by atoms with E-state index in [0.717, 1.165) is 17.1 Å². The maximum absolute atomic E-state index is 5.91. The van der Waals surface area contributed by atoms with Crippen molar-refractivity contribution in [1.82, 2.24) is 15.2 Å². The number of thioether (sulfide) groups is 1. The van der Waals surface area contributed by atoms with Crippen LogP contribution in [0.5, 0.6) is 0 Å². The standard InChI is InChI=1S/C19H14ClN3S/c20-16-8-5-14(6-9-16)19-21-18(22-23-19)12-24-17-10-7-13-3-1-2-4-15(13)11-17/h1-11H,12H2,(H,21,22,23). The number of rotatable bonds is 4. The highest BCUT2D eigenvalue weighted by Gasteiger charge is 2.07. The monoisotopic (exact) mass is 351 g/mol.